The smallest absolute Gasteiger partial charge is 0.408 e. The quantitative estimate of drug-likeness (QED) is 0.462. The molecule has 156 valence electrons. The first-order valence-electron chi connectivity index (χ1n) is 10.0. The summed E-state index contributed by atoms with van der Waals surface area (Å²) < 4.78 is 19.9. The number of oxazole rings is 1. The van der Waals surface area contributed by atoms with Crippen molar-refractivity contribution in [3.05, 3.63) is 76.5 Å². The predicted octanol–water partition coefficient (Wildman–Crippen LogP) is 3.31. The maximum absolute atomic E-state index is 13.1. The van der Waals surface area contributed by atoms with Gasteiger partial charge in [-0.1, -0.05) is 12.2 Å². The molecule has 0 saturated carbocycles. The van der Waals surface area contributed by atoms with E-state index in [0.29, 0.717) is 23.2 Å². The molecule has 2 aromatic carbocycles. The summed E-state index contributed by atoms with van der Waals surface area (Å²) in [5.74, 6) is -0.707. The molecule has 0 unspecified atom stereocenters. The number of carbonyl (C=O) groups excluding carboxylic acids is 1. The van der Waals surface area contributed by atoms with Crippen LogP contribution < -0.4 is 10.7 Å². The first-order valence-corrected chi connectivity index (χ1v) is 10.0. The summed E-state index contributed by atoms with van der Waals surface area (Å²) in [7, 11) is 0. The second-order valence-electron chi connectivity index (χ2n) is 7.45. The minimum atomic E-state index is -0.428. The van der Waals surface area contributed by atoms with Crippen molar-refractivity contribution in [2.45, 2.75) is 13.5 Å². The molecule has 1 aliphatic heterocycles. The zero-order chi connectivity index (χ0) is 21.1. The van der Waals surface area contributed by atoms with Crippen molar-refractivity contribution in [1.82, 2.24) is 9.47 Å². The van der Waals surface area contributed by atoms with Crippen LogP contribution in [0.2, 0.25) is 0 Å². The van der Waals surface area contributed by atoms with Gasteiger partial charge in [0.25, 0.3) is 0 Å². The molecule has 6 nitrogen and oxygen atoms in total. The van der Waals surface area contributed by atoms with Gasteiger partial charge < -0.3 is 9.32 Å². The number of hydrogen-bond donors (Lipinski definition) is 0. The zero-order valence-electron chi connectivity index (χ0n) is 16.9. The number of hydrogen-bond acceptors (Lipinski definition) is 5. The Balaban J connectivity index is 1.32. The van der Waals surface area contributed by atoms with E-state index in [4.69, 9.17) is 4.42 Å². The van der Waals surface area contributed by atoms with E-state index in [9.17, 15) is 14.0 Å². The minimum Gasteiger partial charge on any atom is -0.408 e. The van der Waals surface area contributed by atoms with E-state index in [-0.39, 0.29) is 11.6 Å². The van der Waals surface area contributed by atoms with Gasteiger partial charge >= 0.3 is 5.76 Å². The van der Waals surface area contributed by atoms with Gasteiger partial charge in [0.05, 0.1) is 5.52 Å². The van der Waals surface area contributed by atoms with Crippen molar-refractivity contribution in [2.75, 3.05) is 37.6 Å². The predicted molar refractivity (Wildman–Crippen MR) is 115 cm³/mol. The average molecular weight is 409 g/mol. The Hall–Kier alpha value is -3.19. The number of piperazine rings is 1. The van der Waals surface area contributed by atoms with Gasteiger partial charge in [-0.15, -0.1) is 0 Å². The van der Waals surface area contributed by atoms with E-state index >= 15 is 0 Å². The van der Waals surface area contributed by atoms with Crippen LogP contribution in [0.5, 0.6) is 0 Å². The van der Waals surface area contributed by atoms with E-state index in [1.165, 1.54) is 19.1 Å². The molecule has 0 aliphatic carbocycles. The number of halogens is 1. The third kappa shape index (κ3) is 4.36. The number of anilines is 1. The lowest BCUT2D eigenvalue weighted by Gasteiger charge is -2.35. The molecule has 2 heterocycles. The van der Waals surface area contributed by atoms with E-state index < -0.39 is 5.76 Å². The monoisotopic (exact) mass is 409 g/mol. The number of fused-ring (bicyclic) bond motifs is 1. The molecule has 1 saturated heterocycles. The molecule has 0 bridgehead atoms. The zero-order valence-corrected chi connectivity index (χ0v) is 16.9. The molecular weight excluding hydrogens is 385 g/mol. The molecule has 0 radical (unpaired) electrons. The number of Topliss-reactive ketones (excluding diaryl/α,β-unsaturated/α-hetero) is 1. The first-order chi connectivity index (χ1) is 14.5. The number of ketones is 1. The number of carbonyl (C=O) groups is 1. The Labute approximate surface area is 173 Å². The fourth-order valence-electron chi connectivity index (χ4n) is 3.70. The summed E-state index contributed by atoms with van der Waals surface area (Å²) in [6.07, 6.45) is 4.02. The second kappa shape index (κ2) is 8.67. The lowest BCUT2D eigenvalue weighted by Crippen LogP contribution is -2.46. The molecule has 3 aromatic rings. The van der Waals surface area contributed by atoms with Crippen LogP contribution >= 0.6 is 0 Å². The molecule has 30 heavy (non-hydrogen) atoms. The number of aromatic nitrogens is 1. The third-order valence-corrected chi connectivity index (χ3v) is 5.46. The molecule has 0 spiro atoms. The fourth-order valence-corrected chi connectivity index (χ4v) is 3.70. The molecule has 1 fully saturated rings. The highest BCUT2D eigenvalue weighted by Crippen LogP contribution is 2.17. The standard InChI is InChI=1S/C23H24FN3O3/c1-17(28)18-4-9-21-22(16-18)30-23(29)27(21)11-3-2-10-25-12-14-26(15-13-25)20-7-5-19(24)6-8-20/h2-9,16H,10-15H2,1H3. The SMILES string of the molecule is CC(=O)c1ccc2c(c1)oc(=O)n2CC=CCN1CCN(c2ccc(F)cc2)CC1. The van der Waals surface area contributed by atoms with E-state index in [1.807, 2.05) is 18.2 Å². The molecule has 1 aromatic heterocycles. The summed E-state index contributed by atoms with van der Waals surface area (Å²) in [6.45, 7) is 6.33. The third-order valence-electron chi connectivity index (χ3n) is 5.46. The highest BCUT2D eigenvalue weighted by molar-refractivity contribution is 5.96. The maximum atomic E-state index is 13.1. The number of rotatable bonds is 6. The molecule has 0 N–H and O–H groups in total. The van der Waals surface area contributed by atoms with Crippen molar-refractivity contribution in [3.63, 3.8) is 0 Å². The lowest BCUT2D eigenvalue weighted by molar-refractivity contribution is 0.101. The van der Waals surface area contributed by atoms with Gasteiger partial charge in [0, 0.05) is 50.5 Å². The van der Waals surface area contributed by atoms with Crippen LogP contribution in [-0.4, -0.2) is 48.0 Å². The highest BCUT2D eigenvalue weighted by Gasteiger charge is 2.16. The van der Waals surface area contributed by atoms with Crippen LogP contribution in [0.25, 0.3) is 11.1 Å². The van der Waals surface area contributed by atoms with Crippen molar-refractivity contribution in [1.29, 1.82) is 0 Å². The van der Waals surface area contributed by atoms with Crippen molar-refractivity contribution >= 4 is 22.6 Å². The van der Waals surface area contributed by atoms with Crippen LogP contribution in [0, 0.1) is 5.82 Å². The van der Waals surface area contributed by atoms with E-state index in [0.717, 1.165) is 38.4 Å². The van der Waals surface area contributed by atoms with Crippen molar-refractivity contribution in [2.24, 2.45) is 0 Å². The number of allylic oxidation sites excluding steroid dienone is 1. The van der Waals surface area contributed by atoms with Crippen LogP contribution in [0.4, 0.5) is 10.1 Å². The molecule has 7 heteroatoms. The van der Waals surface area contributed by atoms with Crippen molar-refractivity contribution < 1.29 is 13.6 Å². The van der Waals surface area contributed by atoms with Crippen LogP contribution in [0.3, 0.4) is 0 Å². The Kier molecular flexibility index (Phi) is 5.81. The summed E-state index contributed by atoms with van der Waals surface area (Å²) in [4.78, 5) is 28.2. The summed E-state index contributed by atoms with van der Waals surface area (Å²) in [5, 5.41) is 0. The van der Waals surface area contributed by atoms with Gasteiger partial charge in [0.15, 0.2) is 11.4 Å². The van der Waals surface area contributed by atoms with Crippen molar-refractivity contribution in [3.8, 4) is 0 Å². The molecule has 0 atom stereocenters. The Morgan fingerprint density at radius 1 is 1.03 bits per heavy atom. The summed E-state index contributed by atoms with van der Waals surface area (Å²) in [5.41, 5.74) is 2.69. The normalized spacial score (nSPS) is 15.3. The Morgan fingerprint density at radius 3 is 2.43 bits per heavy atom. The van der Waals surface area contributed by atoms with Gasteiger partial charge in [-0.05, 0) is 49.4 Å². The molecular formula is C23H24FN3O3. The van der Waals surface area contributed by atoms with Gasteiger partial charge in [0.2, 0.25) is 0 Å². The largest absolute Gasteiger partial charge is 0.420 e. The number of nitrogens with zero attached hydrogens (tertiary/aromatic N) is 3. The molecule has 4 rings (SSSR count). The lowest BCUT2D eigenvalue weighted by atomic mass is 10.1. The topological polar surface area (TPSA) is 58.7 Å². The maximum Gasteiger partial charge on any atom is 0.420 e. The molecule has 0 amide bonds. The Morgan fingerprint density at radius 2 is 1.73 bits per heavy atom. The van der Waals surface area contributed by atoms with Crippen LogP contribution in [0.1, 0.15) is 17.3 Å². The highest BCUT2D eigenvalue weighted by atomic mass is 19.1. The second-order valence-corrected chi connectivity index (χ2v) is 7.45. The Bertz CT molecular complexity index is 1120. The number of benzene rings is 2. The van der Waals surface area contributed by atoms with Gasteiger partial charge in [-0.25, -0.2) is 9.18 Å². The minimum absolute atomic E-state index is 0.0632. The van der Waals surface area contributed by atoms with Gasteiger partial charge in [-0.3, -0.25) is 14.3 Å². The summed E-state index contributed by atoms with van der Waals surface area (Å²) in [6, 6.07) is 11.7. The van der Waals surface area contributed by atoms with Gasteiger partial charge in [0.1, 0.15) is 5.82 Å². The van der Waals surface area contributed by atoms with E-state index in [2.05, 4.69) is 15.9 Å². The fraction of sp³-hybridized carbons (Fsp3) is 0.304. The first kappa shape index (κ1) is 20.1. The summed E-state index contributed by atoms with van der Waals surface area (Å²) >= 11 is 0. The van der Waals surface area contributed by atoms with Gasteiger partial charge in [-0.2, -0.15) is 0 Å². The van der Waals surface area contributed by atoms with E-state index in [1.54, 1.807) is 22.8 Å². The van der Waals surface area contributed by atoms with Crippen LogP contribution in [-0.2, 0) is 6.54 Å². The molecule has 1 aliphatic rings. The average Bonchev–Trinajstić information content (AvgIpc) is 3.06. The van der Waals surface area contributed by atoms with Crippen LogP contribution in [0.15, 0.2) is 63.8 Å².